The summed E-state index contributed by atoms with van der Waals surface area (Å²) in [6.07, 6.45) is 0.893. The highest BCUT2D eigenvalue weighted by Crippen LogP contribution is 2.32. The highest BCUT2D eigenvalue weighted by atomic mass is 16.5. The topological polar surface area (TPSA) is 65.7 Å². The van der Waals surface area contributed by atoms with Crippen LogP contribution in [0.25, 0.3) is 0 Å². The van der Waals surface area contributed by atoms with Crippen LogP contribution < -0.4 is 20.7 Å². The van der Waals surface area contributed by atoms with Crippen molar-refractivity contribution in [2.45, 2.75) is 33.2 Å². The van der Waals surface area contributed by atoms with Crippen LogP contribution in [0.15, 0.2) is 18.2 Å². The predicted octanol–water partition coefficient (Wildman–Crippen LogP) is 2.66. The maximum atomic E-state index is 5.71. The van der Waals surface area contributed by atoms with Crippen LogP contribution in [0.5, 0.6) is 11.5 Å². The first kappa shape index (κ1) is 17.8. The summed E-state index contributed by atoms with van der Waals surface area (Å²) in [4.78, 5) is 0. The van der Waals surface area contributed by atoms with Crippen LogP contribution in [0, 0.1) is 5.92 Å². The van der Waals surface area contributed by atoms with Crippen molar-refractivity contribution in [3.8, 4) is 11.5 Å². The number of ether oxygens (including phenoxy) is 3. The van der Waals surface area contributed by atoms with Crippen LogP contribution in [-0.4, -0.2) is 26.9 Å². The third-order valence-corrected chi connectivity index (χ3v) is 3.26. The molecule has 2 unspecified atom stereocenters. The largest absolute Gasteiger partial charge is 0.490 e. The van der Waals surface area contributed by atoms with E-state index in [2.05, 4.69) is 12.3 Å². The van der Waals surface area contributed by atoms with E-state index in [1.54, 1.807) is 7.11 Å². The number of hydrogen-bond donors (Lipinski definition) is 2. The zero-order valence-electron chi connectivity index (χ0n) is 13.5. The summed E-state index contributed by atoms with van der Waals surface area (Å²) >= 11 is 0. The monoisotopic (exact) mass is 296 g/mol. The Hall–Kier alpha value is -1.30. The van der Waals surface area contributed by atoms with Gasteiger partial charge in [0.1, 0.15) is 0 Å². The normalized spacial score (nSPS) is 13.8. The van der Waals surface area contributed by atoms with Gasteiger partial charge in [-0.25, -0.2) is 0 Å². The molecule has 0 aromatic heterocycles. The smallest absolute Gasteiger partial charge is 0.161 e. The molecule has 0 aliphatic heterocycles. The molecule has 1 aromatic carbocycles. The van der Waals surface area contributed by atoms with Gasteiger partial charge in [0, 0.05) is 19.8 Å². The molecule has 21 heavy (non-hydrogen) atoms. The minimum Gasteiger partial charge on any atom is -0.490 e. The van der Waals surface area contributed by atoms with Crippen molar-refractivity contribution in [3.63, 3.8) is 0 Å². The van der Waals surface area contributed by atoms with Crippen molar-refractivity contribution in [1.29, 1.82) is 0 Å². The summed E-state index contributed by atoms with van der Waals surface area (Å²) in [6, 6.07) is 6.02. The van der Waals surface area contributed by atoms with Gasteiger partial charge in [-0.2, -0.15) is 0 Å². The third-order valence-electron chi connectivity index (χ3n) is 3.26. The van der Waals surface area contributed by atoms with Gasteiger partial charge in [-0.3, -0.25) is 11.3 Å². The average molecular weight is 296 g/mol. The maximum absolute atomic E-state index is 5.71. The second-order valence-electron chi connectivity index (χ2n) is 5.09. The van der Waals surface area contributed by atoms with Gasteiger partial charge in [-0.05, 0) is 43.9 Å². The van der Waals surface area contributed by atoms with Crippen molar-refractivity contribution in [3.05, 3.63) is 23.8 Å². The van der Waals surface area contributed by atoms with E-state index in [1.807, 2.05) is 32.0 Å². The van der Waals surface area contributed by atoms with Gasteiger partial charge >= 0.3 is 0 Å². The molecule has 120 valence electrons. The van der Waals surface area contributed by atoms with E-state index in [0.29, 0.717) is 25.7 Å². The standard InChI is InChI=1S/C16H28N2O3/c1-5-20-15-8-7-13(10-16(15)21-6-2)14(18-17)9-12(3)11-19-4/h7-8,10,12,14,18H,5-6,9,11,17H2,1-4H3. The molecule has 5 nitrogen and oxygen atoms in total. The van der Waals surface area contributed by atoms with E-state index < -0.39 is 0 Å². The number of benzene rings is 1. The summed E-state index contributed by atoms with van der Waals surface area (Å²) in [5, 5.41) is 0. The van der Waals surface area contributed by atoms with Gasteiger partial charge in [-0.1, -0.05) is 13.0 Å². The van der Waals surface area contributed by atoms with Gasteiger partial charge in [0.05, 0.1) is 13.2 Å². The Kier molecular flexibility index (Phi) is 8.12. The van der Waals surface area contributed by atoms with Crippen LogP contribution in [0.4, 0.5) is 0 Å². The van der Waals surface area contributed by atoms with Crippen LogP contribution in [-0.2, 0) is 4.74 Å². The highest BCUT2D eigenvalue weighted by molar-refractivity contribution is 5.44. The first-order valence-electron chi connectivity index (χ1n) is 7.50. The van der Waals surface area contributed by atoms with Gasteiger partial charge in [0.25, 0.3) is 0 Å². The first-order chi connectivity index (χ1) is 10.2. The molecule has 3 N–H and O–H groups in total. The van der Waals surface area contributed by atoms with Crippen molar-refractivity contribution >= 4 is 0 Å². The summed E-state index contributed by atoms with van der Waals surface area (Å²) < 4.78 is 16.4. The third kappa shape index (κ3) is 5.53. The fraction of sp³-hybridized carbons (Fsp3) is 0.625. The quantitative estimate of drug-likeness (QED) is 0.513. The lowest BCUT2D eigenvalue weighted by Gasteiger charge is -2.21. The van der Waals surface area contributed by atoms with Crippen LogP contribution in [0.3, 0.4) is 0 Å². The highest BCUT2D eigenvalue weighted by Gasteiger charge is 2.16. The summed E-state index contributed by atoms with van der Waals surface area (Å²) in [5.74, 6) is 7.65. The molecule has 1 rings (SSSR count). The molecular formula is C16H28N2O3. The summed E-state index contributed by atoms with van der Waals surface area (Å²) in [5.41, 5.74) is 3.97. The molecule has 0 fully saturated rings. The maximum Gasteiger partial charge on any atom is 0.161 e. The number of nitrogens with one attached hydrogen (secondary N) is 1. The lowest BCUT2D eigenvalue weighted by atomic mass is 9.96. The molecule has 0 bridgehead atoms. The molecule has 0 amide bonds. The Labute approximate surface area is 127 Å². The van der Waals surface area contributed by atoms with E-state index in [4.69, 9.17) is 20.1 Å². The molecule has 0 heterocycles. The van der Waals surface area contributed by atoms with Gasteiger partial charge in [0.2, 0.25) is 0 Å². The van der Waals surface area contributed by atoms with Crippen molar-refractivity contribution in [2.75, 3.05) is 26.9 Å². The minimum absolute atomic E-state index is 0.0602. The van der Waals surface area contributed by atoms with Gasteiger partial charge < -0.3 is 14.2 Å². The van der Waals surface area contributed by atoms with Crippen LogP contribution in [0.2, 0.25) is 0 Å². The van der Waals surface area contributed by atoms with Crippen LogP contribution in [0.1, 0.15) is 38.8 Å². The number of methoxy groups -OCH3 is 1. The molecule has 5 heteroatoms. The molecule has 2 atom stereocenters. The number of nitrogens with two attached hydrogens (primary N) is 1. The number of hydrogen-bond acceptors (Lipinski definition) is 5. The Morgan fingerprint density at radius 1 is 1.14 bits per heavy atom. The van der Waals surface area contributed by atoms with E-state index in [-0.39, 0.29) is 6.04 Å². The fourth-order valence-corrected chi connectivity index (χ4v) is 2.34. The average Bonchev–Trinajstić information content (AvgIpc) is 2.47. The number of hydrazine groups is 1. The first-order valence-corrected chi connectivity index (χ1v) is 7.50. The predicted molar refractivity (Wildman–Crippen MR) is 84.5 cm³/mol. The zero-order valence-corrected chi connectivity index (χ0v) is 13.5. The van der Waals surface area contributed by atoms with E-state index in [0.717, 1.165) is 23.5 Å². The molecule has 0 saturated carbocycles. The molecule has 0 spiro atoms. The molecule has 0 aliphatic carbocycles. The Morgan fingerprint density at radius 2 is 1.81 bits per heavy atom. The summed E-state index contributed by atoms with van der Waals surface area (Å²) in [7, 11) is 1.71. The van der Waals surface area contributed by atoms with Crippen LogP contribution >= 0.6 is 0 Å². The lowest BCUT2D eigenvalue weighted by Crippen LogP contribution is -2.30. The summed E-state index contributed by atoms with van der Waals surface area (Å²) in [6.45, 7) is 7.99. The Morgan fingerprint density at radius 3 is 2.38 bits per heavy atom. The molecule has 1 aromatic rings. The molecular weight excluding hydrogens is 268 g/mol. The SMILES string of the molecule is CCOc1ccc(C(CC(C)COC)NN)cc1OCC. The van der Waals surface area contributed by atoms with Gasteiger partial charge in [-0.15, -0.1) is 0 Å². The van der Waals surface area contributed by atoms with E-state index >= 15 is 0 Å². The number of rotatable bonds is 10. The van der Waals surface area contributed by atoms with Gasteiger partial charge in [0.15, 0.2) is 11.5 Å². The van der Waals surface area contributed by atoms with E-state index in [1.165, 1.54) is 0 Å². The van der Waals surface area contributed by atoms with Crippen molar-refractivity contribution < 1.29 is 14.2 Å². The zero-order chi connectivity index (χ0) is 15.7. The second kappa shape index (κ2) is 9.60. The van der Waals surface area contributed by atoms with E-state index in [9.17, 15) is 0 Å². The minimum atomic E-state index is 0.0602. The van der Waals surface area contributed by atoms with Crippen molar-refractivity contribution in [1.82, 2.24) is 5.43 Å². The molecule has 0 saturated heterocycles. The van der Waals surface area contributed by atoms with Crippen molar-refractivity contribution in [2.24, 2.45) is 11.8 Å². The Bertz CT molecular complexity index is 413. The molecule has 0 radical (unpaired) electrons. The molecule has 0 aliphatic rings. The lowest BCUT2D eigenvalue weighted by molar-refractivity contribution is 0.149. The Balaban J connectivity index is 2.90. The second-order valence-corrected chi connectivity index (χ2v) is 5.09. The fourth-order valence-electron chi connectivity index (χ4n) is 2.34.